The summed E-state index contributed by atoms with van der Waals surface area (Å²) in [5.74, 6) is -1.01. The molecule has 0 bridgehead atoms. The van der Waals surface area contributed by atoms with Crippen LogP contribution in [0.3, 0.4) is 0 Å². The number of nitrogens with zero attached hydrogens (tertiary/aromatic N) is 1. The minimum atomic E-state index is -0.422. The third-order valence-electron chi connectivity index (χ3n) is 3.41. The van der Waals surface area contributed by atoms with Gasteiger partial charge in [0.1, 0.15) is 0 Å². The number of rotatable bonds is 5. The lowest BCUT2D eigenvalue weighted by atomic mass is 10.1. The minimum absolute atomic E-state index is 0. The van der Waals surface area contributed by atoms with Crippen molar-refractivity contribution in [3.05, 3.63) is 28.8 Å². The molecule has 25 heavy (non-hydrogen) atoms. The summed E-state index contributed by atoms with van der Waals surface area (Å²) >= 11 is 6.16. The van der Waals surface area contributed by atoms with Crippen molar-refractivity contribution in [2.24, 2.45) is 5.73 Å². The van der Waals surface area contributed by atoms with E-state index in [1.54, 1.807) is 17.0 Å². The Morgan fingerprint density at radius 1 is 1.20 bits per heavy atom. The van der Waals surface area contributed by atoms with Crippen LogP contribution in [-0.4, -0.2) is 62.0 Å². The van der Waals surface area contributed by atoms with Crippen molar-refractivity contribution in [2.45, 2.75) is 0 Å². The van der Waals surface area contributed by atoms with Crippen LogP contribution in [0.25, 0.3) is 0 Å². The Hall–Kier alpha value is -1.87. The Morgan fingerprint density at radius 2 is 1.88 bits per heavy atom. The van der Waals surface area contributed by atoms with Crippen molar-refractivity contribution in [1.29, 1.82) is 0 Å². The molecule has 0 aromatic heterocycles. The lowest BCUT2D eigenvalue weighted by Crippen LogP contribution is -2.40. The molecule has 10 heteroatoms. The SMILES string of the molecule is Cl.NCC(=O)NCC(=O)Nc1ccc(C(=O)N2CCOCC2)c(Cl)c1. The zero-order chi connectivity index (χ0) is 17.5. The predicted molar refractivity (Wildman–Crippen MR) is 96.1 cm³/mol. The second kappa shape index (κ2) is 10.2. The van der Waals surface area contributed by atoms with Gasteiger partial charge in [0, 0.05) is 18.8 Å². The van der Waals surface area contributed by atoms with E-state index in [0.29, 0.717) is 37.6 Å². The van der Waals surface area contributed by atoms with Gasteiger partial charge in [-0.2, -0.15) is 0 Å². The average molecular weight is 391 g/mol. The molecule has 1 aliphatic rings. The maximum Gasteiger partial charge on any atom is 0.255 e. The molecule has 1 heterocycles. The lowest BCUT2D eigenvalue weighted by Gasteiger charge is -2.27. The Morgan fingerprint density at radius 3 is 2.48 bits per heavy atom. The van der Waals surface area contributed by atoms with Crippen molar-refractivity contribution in [2.75, 3.05) is 44.7 Å². The number of anilines is 1. The van der Waals surface area contributed by atoms with E-state index in [1.807, 2.05) is 0 Å². The molecule has 1 aromatic rings. The number of hydrogen-bond donors (Lipinski definition) is 3. The Labute approximate surface area is 156 Å². The molecule has 0 aliphatic carbocycles. The molecule has 1 aromatic carbocycles. The van der Waals surface area contributed by atoms with Gasteiger partial charge >= 0.3 is 0 Å². The summed E-state index contributed by atoms with van der Waals surface area (Å²) in [5, 5.41) is 5.19. The zero-order valence-electron chi connectivity index (χ0n) is 13.4. The first-order valence-corrected chi connectivity index (χ1v) is 7.82. The van der Waals surface area contributed by atoms with Gasteiger partial charge in [-0.15, -0.1) is 12.4 Å². The molecule has 0 unspecified atom stereocenters. The van der Waals surface area contributed by atoms with E-state index in [2.05, 4.69) is 10.6 Å². The smallest absolute Gasteiger partial charge is 0.255 e. The Bertz CT molecular complexity index is 636. The molecule has 0 atom stereocenters. The van der Waals surface area contributed by atoms with Gasteiger partial charge in [0.05, 0.1) is 36.9 Å². The maximum atomic E-state index is 12.4. The number of halogens is 2. The Balaban J connectivity index is 0.00000312. The number of benzene rings is 1. The summed E-state index contributed by atoms with van der Waals surface area (Å²) in [6.07, 6.45) is 0. The number of nitrogens with one attached hydrogen (secondary N) is 2. The van der Waals surface area contributed by atoms with E-state index in [-0.39, 0.29) is 36.4 Å². The van der Waals surface area contributed by atoms with E-state index in [9.17, 15) is 14.4 Å². The molecular weight excluding hydrogens is 371 g/mol. The topological polar surface area (TPSA) is 114 Å². The fourth-order valence-electron chi connectivity index (χ4n) is 2.16. The summed E-state index contributed by atoms with van der Waals surface area (Å²) in [6.45, 7) is 1.68. The second-order valence-electron chi connectivity index (χ2n) is 5.13. The van der Waals surface area contributed by atoms with Crippen LogP contribution in [0.2, 0.25) is 5.02 Å². The first kappa shape index (κ1) is 21.2. The molecule has 1 fully saturated rings. The van der Waals surface area contributed by atoms with Gasteiger partial charge in [-0.25, -0.2) is 0 Å². The number of ether oxygens (including phenoxy) is 1. The highest BCUT2D eigenvalue weighted by molar-refractivity contribution is 6.34. The van der Waals surface area contributed by atoms with E-state index in [0.717, 1.165) is 0 Å². The molecule has 1 aliphatic heterocycles. The van der Waals surface area contributed by atoms with Crippen molar-refractivity contribution in [1.82, 2.24) is 10.2 Å². The number of carbonyl (C=O) groups excluding carboxylic acids is 3. The molecular formula is C15H20Cl2N4O4. The second-order valence-corrected chi connectivity index (χ2v) is 5.54. The van der Waals surface area contributed by atoms with Crippen LogP contribution >= 0.6 is 24.0 Å². The van der Waals surface area contributed by atoms with Crippen molar-refractivity contribution >= 4 is 47.4 Å². The highest BCUT2D eigenvalue weighted by atomic mass is 35.5. The van der Waals surface area contributed by atoms with Gasteiger partial charge in [-0.3, -0.25) is 14.4 Å². The Kier molecular flexibility index (Phi) is 8.64. The summed E-state index contributed by atoms with van der Waals surface area (Å²) in [4.78, 5) is 36.8. The number of morpholine rings is 1. The molecule has 1 saturated heterocycles. The zero-order valence-corrected chi connectivity index (χ0v) is 15.0. The number of hydrogen-bond acceptors (Lipinski definition) is 5. The van der Waals surface area contributed by atoms with E-state index in [4.69, 9.17) is 22.1 Å². The van der Waals surface area contributed by atoms with Gasteiger partial charge in [0.25, 0.3) is 5.91 Å². The van der Waals surface area contributed by atoms with Crippen LogP contribution in [0.4, 0.5) is 5.69 Å². The van der Waals surface area contributed by atoms with E-state index >= 15 is 0 Å². The van der Waals surface area contributed by atoms with Crippen LogP contribution in [0, 0.1) is 0 Å². The van der Waals surface area contributed by atoms with Crippen LogP contribution in [0.1, 0.15) is 10.4 Å². The quantitative estimate of drug-likeness (QED) is 0.666. The van der Waals surface area contributed by atoms with Crippen molar-refractivity contribution < 1.29 is 19.1 Å². The van der Waals surface area contributed by atoms with Crippen molar-refractivity contribution in [3.63, 3.8) is 0 Å². The number of carbonyl (C=O) groups is 3. The monoisotopic (exact) mass is 390 g/mol. The first-order chi connectivity index (χ1) is 11.5. The van der Waals surface area contributed by atoms with Gasteiger partial charge in [-0.1, -0.05) is 11.6 Å². The van der Waals surface area contributed by atoms with Gasteiger partial charge in [-0.05, 0) is 18.2 Å². The van der Waals surface area contributed by atoms with Gasteiger partial charge in [0.2, 0.25) is 11.8 Å². The van der Waals surface area contributed by atoms with E-state index in [1.165, 1.54) is 6.07 Å². The molecule has 2 rings (SSSR count). The summed E-state index contributed by atoms with van der Waals surface area (Å²) < 4.78 is 5.21. The third-order valence-corrected chi connectivity index (χ3v) is 3.73. The fraction of sp³-hybridized carbons (Fsp3) is 0.400. The van der Waals surface area contributed by atoms with Gasteiger partial charge < -0.3 is 26.0 Å². The molecule has 0 spiro atoms. The highest BCUT2D eigenvalue weighted by Gasteiger charge is 2.20. The average Bonchev–Trinajstić information content (AvgIpc) is 2.60. The fourth-order valence-corrected chi connectivity index (χ4v) is 2.42. The first-order valence-electron chi connectivity index (χ1n) is 7.44. The van der Waals surface area contributed by atoms with Crippen LogP contribution in [0.5, 0.6) is 0 Å². The van der Waals surface area contributed by atoms with Gasteiger partial charge in [0.15, 0.2) is 0 Å². The maximum absolute atomic E-state index is 12.4. The van der Waals surface area contributed by atoms with Crippen LogP contribution in [-0.2, 0) is 14.3 Å². The predicted octanol–water partition coefficient (Wildman–Crippen LogP) is 0.248. The standard InChI is InChI=1S/C15H19ClN4O4.ClH/c16-12-7-10(19-14(22)9-18-13(21)8-17)1-2-11(12)15(23)20-3-5-24-6-4-20;/h1-2,7H,3-6,8-9,17H2,(H,18,21)(H,19,22);1H. The number of amides is 3. The molecule has 8 nitrogen and oxygen atoms in total. The molecule has 4 N–H and O–H groups in total. The molecule has 0 radical (unpaired) electrons. The van der Waals surface area contributed by atoms with E-state index < -0.39 is 11.8 Å². The summed E-state index contributed by atoms with van der Waals surface area (Å²) in [5.41, 5.74) is 5.94. The summed E-state index contributed by atoms with van der Waals surface area (Å²) in [7, 11) is 0. The van der Waals surface area contributed by atoms with Crippen LogP contribution in [0.15, 0.2) is 18.2 Å². The molecule has 138 valence electrons. The third kappa shape index (κ3) is 6.17. The minimum Gasteiger partial charge on any atom is -0.378 e. The van der Waals surface area contributed by atoms with Crippen LogP contribution < -0.4 is 16.4 Å². The normalized spacial score (nSPS) is 13.6. The molecule has 0 saturated carbocycles. The lowest BCUT2D eigenvalue weighted by molar-refractivity contribution is -0.123. The highest BCUT2D eigenvalue weighted by Crippen LogP contribution is 2.22. The van der Waals surface area contributed by atoms with Crippen molar-refractivity contribution in [3.8, 4) is 0 Å². The largest absolute Gasteiger partial charge is 0.378 e. The number of nitrogens with two attached hydrogens (primary N) is 1. The summed E-state index contributed by atoms with van der Waals surface area (Å²) in [6, 6.07) is 4.65. The molecule has 3 amide bonds.